The maximum Gasteiger partial charge on any atom is 0.0654 e. The minimum atomic E-state index is 0.710. The highest BCUT2D eigenvalue weighted by atomic mass is 32.1. The van der Waals surface area contributed by atoms with Crippen LogP contribution in [0.15, 0.2) is 6.07 Å². The first-order valence-corrected chi connectivity index (χ1v) is 4.96. The zero-order chi connectivity index (χ0) is 8.97. The third-order valence-corrected chi connectivity index (χ3v) is 2.66. The fourth-order valence-corrected chi connectivity index (χ4v) is 2.04. The minimum Gasteiger partial charge on any atom is -0.302 e. The van der Waals surface area contributed by atoms with Gasteiger partial charge in [0.2, 0.25) is 0 Å². The van der Waals surface area contributed by atoms with Gasteiger partial charge in [0.15, 0.2) is 0 Å². The Kier molecular flexibility index (Phi) is 3.72. The largest absolute Gasteiger partial charge is 0.302 e. The first-order chi connectivity index (χ1) is 5.74. The van der Waals surface area contributed by atoms with E-state index in [1.165, 1.54) is 15.3 Å². The normalized spacial score (nSPS) is 10.6. The van der Waals surface area contributed by atoms with Gasteiger partial charge < -0.3 is 4.84 Å². The monoisotopic (exact) mass is 185 g/mol. The van der Waals surface area contributed by atoms with E-state index in [0.29, 0.717) is 6.61 Å². The van der Waals surface area contributed by atoms with E-state index < -0.39 is 0 Å². The van der Waals surface area contributed by atoms with Gasteiger partial charge >= 0.3 is 0 Å². The molecule has 0 aliphatic rings. The van der Waals surface area contributed by atoms with Gasteiger partial charge in [0.05, 0.1) is 6.61 Å². The molecule has 0 aromatic carbocycles. The Labute approximate surface area is 77.5 Å². The van der Waals surface area contributed by atoms with Crippen molar-refractivity contribution < 1.29 is 4.84 Å². The highest BCUT2D eigenvalue weighted by Gasteiger charge is 2.01. The van der Waals surface area contributed by atoms with E-state index >= 15 is 0 Å². The summed E-state index contributed by atoms with van der Waals surface area (Å²) in [5.41, 5.74) is 4.25. The van der Waals surface area contributed by atoms with Crippen molar-refractivity contribution in [3.05, 3.63) is 21.4 Å². The summed E-state index contributed by atoms with van der Waals surface area (Å²) in [4.78, 5) is 7.79. The van der Waals surface area contributed by atoms with Crippen LogP contribution in [-0.4, -0.2) is 6.61 Å². The van der Waals surface area contributed by atoms with Crippen molar-refractivity contribution in [3.63, 3.8) is 0 Å². The molecule has 0 aliphatic carbocycles. The van der Waals surface area contributed by atoms with Gasteiger partial charge in [-0.3, -0.25) is 0 Å². The molecule has 0 bridgehead atoms. The molecule has 12 heavy (non-hydrogen) atoms. The van der Waals surface area contributed by atoms with E-state index in [2.05, 4.69) is 25.4 Å². The van der Waals surface area contributed by atoms with Crippen LogP contribution in [0.4, 0.5) is 0 Å². The summed E-state index contributed by atoms with van der Waals surface area (Å²) in [6.45, 7) is 7.76. The average Bonchev–Trinajstić information content (AvgIpc) is 2.31. The van der Waals surface area contributed by atoms with Gasteiger partial charge in [-0.15, -0.1) is 11.3 Å². The SMILES string of the molecule is CCONCc1cc(C)sc1C. The van der Waals surface area contributed by atoms with Gasteiger partial charge in [0.1, 0.15) is 0 Å². The van der Waals surface area contributed by atoms with E-state index in [4.69, 9.17) is 4.84 Å². The van der Waals surface area contributed by atoms with Crippen LogP contribution in [0, 0.1) is 13.8 Å². The number of rotatable bonds is 4. The predicted molar refractivity (Wildman–Crippen MR) is 52.3 cm³/mol. The lowest BCUT2D eigenvalue weighted by atomic mass is 10.2. The van der Waals surface area contributed by atoms with Crippen molar-refractivity contribution in [1.29, 1.82) is 0 Å². The topological polar surface area (TPSA) is 21.3 Å². The number of aryl methyl sites for hydroxylation is 2. The van der Waals surface area contributed by atoms with Crippen molar-refractivity contribution in [2.24, 2.45) is 0 Å². The van der Waals surface area contributed by atoms with Gasteiger partial charge in [-0.05, 0) is 32.4 Å². The lowest BCUT2D eigenvalue weighted by molar-refractivity contribution is 0.0463. The Balaban J connectivity index is 2.45. The van der Waals surface area contributed by atoms with Gasteiger partial charge in [0.25, 0.3) is 0 Å². The van der Waals surface area contributed by atoms with Gasteiger partial charge in [0, 0.05) is 16.3 Å². The van der Waals surface area contributed by atoms with Crippen molar-refractivity contribution in [2.75, 3.05) is 6.61 Å². The Morgan fingerprint density at radius 2 is 2.25 bits per heavy atom. The molecule has 1 N–H and O–H groups in total. The van der Waals surface area contributed by atoms with Crippen LogP contribution in [-0.2, 0) is 11.4 Å². The molecule has 0 aliphatic heterocycles. The van der Waals surface area contributed by atoms with E-state index in [1.807, 2.05) is 18.3 Å². The third-order valence-electron chi connectivity index (χ3n) is 1.65. The maximum atomic E-state index is 5.06. The molecule has 1 rings (SSSR count). The van der Waals surface area contributed by atoms with Crippen LogP contribution < -0.4 is 5.48 Å². The molecule has 0 radical (unpaired) electrons. The fourth-order valence-electron chi connectivity index (χ4n) is 1.09. The molecule has 0 amide bonds. The molecular formula is C9H15NOS. The molecule has 0 unspecified atom stereocenters. The molecule has 0 atom stereocenters. The number of hydrogen-bond donors (Lipinski definition) is 1. The van der Waals surface area contributed by atoms with Crippen LogP contribution in [0.2, 0.25) is 0 Å². The zero-order valence-corrected chi connectivity index (χ0v) is 8.62. The summed E-state index contributed by atoms with van der Waals surface area (Å²) < 4.78 is 0. The average molecular weight is 185 g/mol. The molecule has 0 saturated heterocycles. The summed E-state index contributed by atoms with van der Waals surface area (Å²) in [6, 6.07) is 2.20. The standard InChI is InChI=1S/C9H15NOS/c1-4-11-10-6-9-5-7(2)12-8(9)3/h5,10H,4,6H2,1-3H3. The summed E-state index contributed by atoms with van der Waals surface area (Å²) in [6.07, 6.45) is 0. The summed E-state index contributed by atoms with van der Waals surface area (Å²) in [5.74, 6) is 0. The molecule has 2 nitrogen and oxygen atoms in total. The van der Waals surface area contributed by atoms with Crippen LogP contribution in [0.1, 0.15) is 22.2 Å². The Morgan fingerprint density at radius 1 is 1.50 bits per heavy atom. The van der Waals surface area contributed by atoms with Gasteiger partial charge in [-0.25, -0.2) is 0 Å². The summed E-state index contributed by atoms with van der Waals surface area (Å²) >= 11 is 1.83. The molecule has 1 heterocycles. The van der Waals surface area contributed by atoms with Crippen molar-refractivity contribution >= 4 is 11.3 Å². The summed E-state index contributed by atoms with van der Waals surface area (Å²) in [5, 5.41) is 0. The molecule has 68 valence electrons. The molecule has 0 saturated carbocycles. The maximum absolute atomic E-state index is 5.06. The van der Waals surface area contributed by atoms with E-state index in [1.54, 1.807) is 0 Å². The van der Waals surface area contributed by atoms with Crippen molar-refractivity contribution in [2.45, 2.75) is 27.3 Å². The second-order valence-electron chi connectivity index (χ2n) is 2.69. The second-order valence-corrected chi connectivity index (χ2v) is 4.15. The van der Waals surface area contributed by atoms with Crippen molar-refractivity contribution in [3.8, 4) is 0 Å². The first kappa shape index (κ1) is 9.71. The van der Waals surface area contributed by atoms with Gasteiger partial charge in [-0.2, -0.15) is 5.48 Å². The predicted octanol–water partition coefficient (Wildman–Crippen LogP) is 2.41. The molecule has 0 spiro atoms. The lowest BCUT2D eigenvalue weighted by Crippen LogP contribution is -2.13. The summed E-state index contributed by atoms with van der Waals surface area (Å²) in [7, 11) is 0. The Hall–Kier alpha value is -0.380. The zero-order valence-electron chi connectivity index (χ0n) is 7.81. The fraction of sp³-hybridized carbons (Fsp3) is 0.556. The first-order valence-electron chi connectivity index (χ1n) is 4.14. The third kappa shape index (κ3) is 2.59. The molecule has 3 heteroatoms. The molecule has 1 aromatic rings. The number of hydrogen-bond acceptors (Lipinski definition) is 3. The second kappa shape index (κ2) is 4.60. The van der Waals surface area contributed by atoms with Crippen LogP contribution >= 0.6 is 11.3 Å². The Morgan fingerprint density at radius 3 is 2.75 bits per heavy atom. The number of nitrogens with one attached hydrogen (secondary N) is 1. The quantitative estimate of drug-likeness (QED) is 0.574. The number of thiophene rings is 1. The van der Waals surface area contributed by atoms with E-state index in [9.17, 15) is 0 Å². The van der Waals surface area contributed by atoms with Crippen molar-refractivity contribution in [1.82, 2.24) is 5.48 Å². The number of hydroxylamine groups is 1. The minimum absolute atomic E-state index is 0.710. The molecular weight excluding hydrogens is 170 g/mol. The van der Waals surface area contributed by atoms with E-state index in [0.717, 1.165) is 6.54 Å². The van der Waals surface area contributed by atoms with Crippen LogP contribution in [0.3, 0.4) is 0 Å². The Bertz CT molecular complexity index is 245. The molecule has 1 aromatic heterocycles. The highest BCUT2D eigenvalue weighted by molar-refractivity contribution is 7.12. The lowest BCUT2D eigenvalue weighted by Gasteiger charge is -2.01. The van der Waals surface area contributed by atoms with Crippen LogP contribution in [0.25, 0.3) is 0 Å². The smallest absolute Gasteiger partial charge is 0.0654 e. The van der Waals surface area contributed by atoms with Crippen LogP contribution in [0.5, 0.6) is 0 Å². The van der Waals surface area contributed by atoms with Gasteiger partial charge in [-0.1, -0.05) is 0 Å². The van der Waals surface area contributed by atoms with E-state index in [-0.39, 0.29) is 0 Å². The molecule has 0 fully saturated rings. The highest BCUT2D eigenvalue weighted by Crippen LogP contribution is 2.19.